The van der Waals surface area contributed by atoms with Crippen LogP contribution in [-0.4, -0.2) is 15.6 Å². The van der Waals surface area contributed by atoms with E-state index in [4.69, 9.17) is 10.8 Å². The lowest BCUT2D eigenvalue weighted by molar-refractivity contribution is -0.137. The van der Waals surface area contributed by atoms with Crippen LogP contribution in [0.15, 0.2) is 35.1 Å². The maximum Gasteiger partial charge on any atom is 0.323 e. The lowest BCUT2D eigenvalue weighted by atomic mass is 10.1. The summed E-state index contributed by atoms with van der Waals surface area (Å²) in [6.07, 6.45) is 0. The Labute approximate surface area is 97.1 Å². The fourth-order valence-electron chi connectivity index (χ4n) is 1.83. The Morgan fingerprint density at radius 3 is 2.71 bits per heavy atom. The first-order valence-corrected chi connectivity index (χ1v) is 5.17. The summed E-state index contributed by atoms with van der Waals surface area (Å²) in [5.74, 6) is -1.05. The largest absolute Gasteiger partial charge is 0.480 e. The standard InChI is InChI=1S/C12H12N2O3/c13-6-9-5-8-3-1-2-4-10(8)14(12(9)17)7-11(15)16/h1-5H,6-7,13H2,(H,15,16). The Morgan fingerprint density at radius 2 is 2.06 bits per heavy atom. The molecule has 1 heterocycles. The molecule has 0 aliphatic heterocycles. The van der Waals surface area contributed by atoms with Gasteiger partial charge in [-0.3, -0.25) is 14.2 Å². The molecule has 2 aromatic rings. The van der Waals surface area contributed by atoms with E-state index in [1.807, 2.05) is 12.1 Å². The second-order valence-corrected chi connectivity index (χ2v) is 3.72. The minimum absolute atomic E-state index is 0.100. The number of rotatable bonds is 3. The molecule has 17 heavy (non-hydrogen) atoms. The molecule has 0 fully saturated rings. The fourth-order valence-corrected chi connectivity index (χ4v) is 1.83. The van der Waals surface area contributed by atoms with Crippen molar-refractivity contribution in [3.63, 3.8) is 0 Å². The summed E-state index contributed by atoms with van der Waals surface area (Å²) in [6, 6.07) is 8.85. The van der Waals surface area contributed by atoms with Crippen LogP contribution in [0.3, 0.4) is 0 Å². The number of pyridine rings is 1. The predicted octanol–water partition coefficient (Wildman–Crippen LogP) is 0.545. The number of aliphatic carboxylic acids is 1. The van der Waals surface area contributed by atoms with Crippen LogP contribution in [0.2, 0.25) is 0 Å². The number of hydrogen-bond donors (Lipinski definition) is 2. The third-order valence-electron chi connectivity index (χ3n) is 2.59. The van der Waals surface area contributed by atoms with E-state index in [0.717, 1.165) is 5.39 Å². The van der Waals surface area contributed by atoms with Crippen LogP contribution in [0, 0.1) is 0 Å². The van der Waals surface area contributed by atoms with E-state index < -0.39 is 5.97 Å². The van der Waals surface area contributed by atoms with Crippen LogP contribution >= 0.6 is 0 Å². The average Bonchev–Trinajstić information content (AvgIpc) is 2.32. The van der Waals surface area contributed by atoms with Gasteiger partial charge in [0.15, 0.2) is 0 Å². The van der Waals surface area contributed by atoms with Gasteiger partial charge in [-0.25, -0.2) is 0 Å². The van der Waals surface area contributed by atoms with Gasteiger partial charge in [-0.1, -0.05) is 18.2 Å². The number of carboxylic acids is 1. The van der Waals surface area contributed by atoms with Crippen molar-refractivity contribution in [2.45, 2.75) is 13.1 Å². The molecule has 2 rings (SSSR count). The van der Waals surface area contributed by atoms with E-state index in [2.05, 4.69) is 0 Å². The maximum absolute atomic E-state index is 12.0. The number of fused-ring (bicyclic) bond motifs is 1. The fraction of sp³-hybridized carbons (Fsp3) is 0.167. The normalized spacial score (nSPS) is 10.6. The molecule has 0 aliphatic carbocycles. The summed E-state index contributed by atoms with van der Waals surface area (Å²) in [5.41, 5.74) is 6.17. The van der Waals surface area contributed by atoms with Gasteiger partial charge in [-0.15, -0.1) is 0 Å². The smallest absolute Gasteiger partial charge is 0.323 e. The Hall–Kier alpha value is -2.14. The molecule has 0 unspecified atom stereocenters. The van der Waals surface area contributed by atoms with Crippen molar-refractivity contribution >= 4 is 16.9 Å². The molecule has 0 amide bonds. The zero-order valence-corrected chi connectivity index (χ0v) is 9.09. The van der Waals surface area contributed by atoms with E-state index in [-0.39, 0.29) is 18.6 Å². The molecular weight excluding hydrogens is 220 g/mol. The second kappa shape index (κ2) is 4.39. The van der Waals surface area contributed by atoms with E-state index in [1.165, 1.54) is 4.57 Å². The molecule has 0 bridgehead atoms. The molecular formula is C12H12N2O3. The van der Waals surface area contributed by atoms with Crippen LogP contribution in [0.25, 0.3) is 10.9 Å². The number of hydrogen-bond acceptors (Lipinski definition) is 3. The van der Waals surface area contributed by atoms with Gasteiger partial charge < -0.3 is 10.8 Å². The highest BCUT2D eigenvalue weighted by molar-refractivity contribution is 5.81. The lowest BCUT2D eigenvalue weighted by Gasteiger charge is -2.09. The summed E-state index contributed by atoms with van der Waals surface area (Å²) in [7, 11) is 0. The third kappa shape index (κ3) is 2.05. The number of nitrogens with two attached hydrogens (primary N) is 1. The number of carboxylic acid groups (broad SMARTS) is 1. The summed E-state index contributed by atoms with van der Waals surface area (Å²) < 4.78 is 1.24. The minimum atomic E-state index is -1.05. The SMILES string of the molecule is NCc1cc2ccccc2n(CC(=O)O)c1=O. The van der Waals surface area contributed by atoms with Gasteiger partial charge in [0.2, 0.25) is 0 Å². The van der Waals surface area contributed by atoms with Crippen molar-refractivity contribution in [2.75, 3.05) is 0 Å². The summed E-state index contributed by atoms with van der Waals surface area (Å²) >= 11 is 0. The lowest BCUT2D eigenvalue weighted by Crippen LogP contribution is -2.28. The van der Waals surface area contributed by atoms with E-state index in [9.17, 15) is 9.59 Å². The molecule has 88 valence electrons. The highest BCUT2D eigenvalue weighted by Crippen LogP contribution is 2.13. The Kier molecular flexibility index (Phi) is 2.93. The van der Waals surface area contributed by atoms with Crippen molar-refractivity contribution < 1.29 is 9.90 Å². The maximum atomic E-state index is 12.0. The molecule has 0 atom stereocenters. The first-order chi connectivity index (χ1) is 8.13. The van der Waals surface area contributed by atoms with Gasteiger partial charge in [0.1, 0.15) is 6.54 Å². The van der Waals surface area contributed by atoms with Crippen LogP contribution in [0.1, 0.15) is 5.56 Å². The van der Waals surface area contributed by atoms with Crippen LogP contribution in [0.4, 0.5) is 0 Å². The monoisotopic (exact) mass is 232 g/mol. The molecule has 3 N–H and O–H groups in total. The molecule has 0 aliphatic rings. The van der Waals surface area contributed by atoms with E-state index in [0.29, 0.717) is 11.1 Å². The zero-order chi connectivity index (χ0) is 12.4. The van der Waals surface area contributed by atoms with Crippen molar-refractivity contribution in [3.8, 4) is 0 Å². The third-order valence-corrected chi connectivity index (χ3v) is 2.59. The number of para-hydroxylation sites is 1. The molecule has 5 heteroatoms. The van der Waals surface area contributed by atoms with Gasteiger partial charge in [0, 0.05) is 12.1 Å². The highest BCUT2D eigenvalue weighted by atomic mass is 16.4. The first kappa shape index (κ1) is 11.3. The first-order valence-electron chi connectivity index (χ1n) is 5.17. The van der Waals surface area contributed by atoms with E-state index >= 15 is 0 Å². The Morgan fingerprint density at radius 1 is 1.35 bits per heavy atom. The molecule has 5 nitrogen and oxygen atoms in total. The number of carbonyl (C=O) groups is 1. The van der Waals surface area contributed by atoms with Gasteiger partial charge in [-0.05, 0) is 17.5 Å². The van der Waals surface area contributed by atoms with Gasteiger partial charge >= 0.3 is 5.97 Å². The average molecular weight is 232 g/mol. The summed E-state index contributed by atoms with van der Waals surface area (Å²) in [6.45, 7) is -0.253. The molecule has 0 saturated carbocycles. The van der Waals surface area contributed by atoms with Crippen molar-refractivity contribution in [3.05, 3.63) is 46.2 Å². The molecule has 1 aromatic heterocycles. The van der Waals surface area contributed by atoms with Gasteiger partial charge in [0.05, 0.1) is 5.52 Å². The quantitative estimate of drug-likeness (QED) is 0.809. The minimum Gasteiger partial charge on any atom is -0.480 e. The summed E-state index contributed by atoms with van der Waals surface area (Å²) in [5, 5.41) is 9.64. The highest BCUT2D eigenvalue weighted by Gasteiger charge is 2.10. The number of benzene rings is 1. The second-order valence-electron chi connectivity index (χ2n) is 3.72. The topological polar surface area (TPSA) is 85.3 Å². The molecule has 0 saturated heterocycles. The van der Waals surface area contributed by atoms with Gasteiger partial charge in [-0.2, -0.15) is 0 Å². The van der Waals surface area contributed by atoms with Crippen LogP contribution in [-0.2, 0) is 17.9 Å². The Bertz CT molecular complexity index is 631. The predicted molar refractivity (Wildman–Crippen MR) is 63.7 cm³/mol. The van der Waals surface area contributed by atoms with E-state index in [1.54, 1.807) is 18.2 Å². The summed E-state index contributed by atoms with van der Waals surface area (Å²) in [4.78, 5) is 22.7. The number of aromatic nitrogens is 1. The van der Waals surface area contributed by atoms with Crippen LogP contribution < -0.4 is 11.3 Å². The Balaban J connectivity index is 2.80. The number of nitrogens with zero attached hydrogens (tertiary/aromatic N) is 1. The zero-order valence-electron chi connectivity index (χ0n) is 9.09. The van der Waals surface area contributed by atoms with Crippen molar-refractivity contribution in [1.29, 1.82) is 0 Å². The molecule has 0 radical (unpaired) electrons. The molecule has 0 spiro atoms. The van der Waals surface area contributed by atoms with Crippen molar-refractivity contribution in [2.24, 2.45) is 5.73 Å². The van der Waals surface area contributed by atoms with Crippen LogP contribution in [0.5, 0.6) is 0 Å². The van der Waals surface area contributed by atoms with Crippen molar-refractivity contribution in [1.82, 2.24) is 4.57 Å². The molecule has 1 aromatic carbocycles. The van der Waals surface area contributed by atoms with Gasteiger partial charge in [0.25, 0.3) is 5.56 Å².